The van der Waals surface area contributed by atoms with Crippen molar-refractivity contribution in [1.29, 1.82) is 0 Å². The summed E-state index contributed by atoms with van der Waals surface area (Å²) in [5, 5.41) is 11.0. The van der Waals surface area contributed by atoms with Gasteiger partial charge in [0.25, 0.3) is 5.69 Å². The molecule has 8 heteroatoms. The second-order valence-electron chi connectivity index (χ2n) is 7.10. The van der Waals surface area contributed by atoms with Crippen molar-refractivity contribution in [2.45, 2.75) is 33.7 Å². The number of nitro groups is 1. The van der Waals surface area contributed by atoms with Gasteiger partial charge in [-0.2, -0.15) is 0 Å². The van der Waals surface area contributed by atoms with Gasteiger partial charge in [0.05, 0.1) is 16.2 Å². The van der Waals surface area contributed by atoms with Crippen LogP contribution in [0.3, 0.4) is 0 Å². The van der Waals surface area contributed by atoms with Gasteiger partial charge in [0.2, 0.25) is 5.78 Å². The summed E-state index contributed by atoms with van der Waals surface area (Å²) in [7, 11) is 3.42. The quantitative estimate of drug-likeness (QED) is 0.311. The van der Waals surface area contributed by atoms with E-state index in [1.165, 1.54) is 12.1 Å². The summed E-state index contributed by atoms with van der Waals surface area (Å²) in [6, 6.07) is 5.94. The maximum atomic E-state index is 12.6. The molecule has 2 rings (SSSR count). The summed E-state index contributed by atoms with van der Waals surface area (Å²) in [4.78, 5) is 37.2. The molecule has 0 spiro atoms. The zero-order chi connectivity index (χ0) is 21.2. The Bertz CT molecular complexity index is 928. The van der Waals surface area contributed by atoms with Crippen molar-refractivity contribution in [2.75, 3.05) is 25.6 Å². The number of nitrogens with zero attached hydrogens (tertiary/aromatic N) is 3. The van der Waals surface area contributed by atoms with E-state index in [-0.39, 0.29) is 23.1 Å². The molecule has 0 radical (unpaired) electrons. The van der Waals surface area contributed by atoms with E-state index >= 15 is 0 Å². The van der Waals surface area contributed by atoms with Crippen LogP contribution in [0.15, 0.2) is 24.3 Å². The first kappa shape index (κ1) is 21.1. The molecule has 0 saturated carbocycles. The Morgan fingerprint density at radius 2 is 1.82 bits per heavy atom. The Labute approximate surface area is 163 Å². The number of hydrogen-bond donors (Lipinski definition) is 0. The molecule has 0 amide bonds. The molecule has 0 atom stereocenters. The van der Waals surface area contributed by atoms with Crippen molar-refractivity contribution in [3.05, 3.63) is 56.9 Å². The molecule has 1 aromatic heterocycles. The number of carbonyl (C=O) groups excluding carboxylic acids is 2. The average molecular weight is 387 g/mol. The first-order valence-electron chi connectivity index (χ1n) is 8.89. The predicted octanol–water partition coefficient (Wildman–Crippen LogP) is 3.70. The van der Waals surface area contributed by atoms with Crippen LogP contribution in [0.25, 0.3) is 0 Å². The van der Waals surface area contributed by atoms with Crippen LogP contribution < -0.4 is 4.90 Å². The normalized spacial score (nSPS) is 10.8. The maximum absolute atomic E-state index is 12.6. The van der Waals surface area contributed by atoms with E-state index in [1.54, 1.807) is 25.1 Å². The Morgan fingerprint density at radius 1 is 1.18 bits per heavy atom. The second-order valence-corrected chi connectivity index (χ2v) is 7.10. The molecule has 1 heterocycles. The molecule has 0 bridgehead atoms. The molecule has 150 valence electrons. The number of hydrogen-bond acceptors (Lipinski definition) is 6. The van der Waals surface area contributed by atoms with Crippen LogP contribution in [0.1, 0.15) is 52.0 Å². The summed E-state index contributed by atoms with van der Waals surface area (Å²) in [6.45, 7) is 7.39. The molecule has 1 aromatic carbocycles. The van der Waals surface area contributed by atoms with Crippen LogP contribution in [0.4, 0.5) is 11.4 Å². The molecule has 0 saturated heterocycles. The zero-order valence-corrected chi connectivity index (χ0v) is 17.0. The van der Waals surface area contributed by atoms with Crippen LogP contribution in [-0.4, -0.2) is 41.9 Å². The zero-order valence-electron chi connectivity index (χ0n) is 17.0. The summed E-state index contributed by atoms with van der Waals surface area (Å²) >= 11 is 0. The second kappa shape index (κ2) is 8.24. The molecule has 0 fully saturated rings. The molecular formula is C20H25N3O5. The number of aromatic nitrogens is 1. The lowest BCUT2D eigenvalue weighted by atomic mass is 10.1. The minimum atomic E-state index is -0.779. The number of anilines is 1. The molecule has 28 heavy (non-hydrogen) atoms. The number of ketones is 1. The van der Waals surface area contributed by atoms with Gasteiger partial charge in [-0.05, 0) is 39.8 Å². The third kappa shape index (κ3) is 4.21. The van der Waals surface area contributed by atoms with Crippen molar-refractivity contribution in [2.24, 2.45) is 0 Å². The van der Waals surface area contributed by atoms with E-state index in [0.29, 0.717) is 11.3 Å². The van der Waals surface area contributed by atoms with Gasteiger partial charge in [-0.25, -0.2) is 4.79 Å². The third-order valence-electron chi connectivity index (χ3n) is 4.53. The van der Waals surface area contributed by atoms with Crippen molar-refractivity contribution in [3.63, 3.8) is 0 Å². The molecule has 0 aliphatic carbocycles. The summed E-state index contributed by atoms with van der Waals surface area (Å²) < 4.78 is 7.23. The van der Waals surface area contributed by atoms with Gasteiger partial charge >= 0.3 is 5.97 Å². The minimum absolute atomic E-state index is 0.0413. The number of carbonyl (C=O) groups is 2. The van der Waals surface area contributed by atoms with E-state index in [0.717, 1.165) is 17.5 Å². The van der Waals surface area contributed by atoms with Crippen LogP contribution >= 0.6 is 0 Å². The van der Waals surface area contributed by atoms with Crippen LogP contribution in [-0.2, 0) is 4.74 Å². The highest BCUT2D eigenvalue weighted by molar-refractivity contribution is 6.02. The lowest BCUT2D eigenvalue weighted by Gasteiger charge is -2.16. The molecule has 0 N–H and O–H groups in total. The van der Waals surface area contributed by atoms with Crippen LogP contribution in [0.5, 0.6) is 0 Å². The van der Waals surface area contributed by atoms with Gasteiger partial charge in [0, 0.05) is 49.2 Å². The van der Waals surface area contributed by atoms with Gasteiger partial charge in [-0.1, -0.05) is 0 Å². The number of benzene rings is 1. The van der Waals surface area contributed by atoms with E-state index in [2.05, 4.69) is 0 Å². The monoisotopic (exact) mass is 387 g/mol. The van der Waals surface area contributed by atoms with E-state index < -0.39 is 17.5 Å². The van der Waals surface area contributed by atoms with Crippen molar-refractivity contribution in [3.8, 4) is 0 Å². The fourth-order valence-corrected chi connectivity index (χ4v) is 3.33. The number of rotatable bonds is 7. The van der Waals surface area contributed by atoms with Gasteiger partial charge in [0.1, 0.15) is 0 Å². The van der Waals surface area contributed by atoms with Gasteiger partial charge < -0.3 is 14.2 Å². The van der Waals surface area contributed by atoms with Crippen molar-refractivity contribution in [1.82, 2.24) is 4.57 Å². The van der Waals surface area contributed by atoms with Crippen LogP contribution in [0, 0.1) is 24.0 Å². The number of Topliss-reactive ketones (excluding diaryl/α,β-unsaturated/α-hetero) is 1. The Hall–Kier alpha value is -3.16. The van der Waals surface area contributed by atoms with Gasteiger partial charge in [0.15, 0.2) is 6.61 Å². The summed E-state index contributed by atoms with van der Waals surface area (Å²) in [6.07, 6.45) is 0. The Morgan fingerprint density at radius 3 is 2.32 bits per heavy atom. The number of aryl methyl sites for hydroxylation is 1. The summed E-state index contributed by atoms with van der Waals surface area (Å²) in [5.74, 6) is -1.09. The van der Waals surface area contributed by atoms with Gasteiger partial charge in [-0.3, -0.25) is 14.9 Å². The molecule has 8 nitrogen and oxygen atoms in total. The summed E-state index contributed by atoms with van der Waals surface area (Å²) in [5.41, 5.74) is 2.57. The minimum Gasteiger partial charge on any atom is -0.454 e. The fraction of sp³-hybridized carbons (Fsp3) is 0.400. The number of ether oxygens (including phenoxy) is 1. The fourth-order valence-electron chi connectivity index (χ4n) is 3.33. The SMILES string of the molecule is Cc1cc(C(=O)COC(=O)c2cc([N+](=O)[O-])ccc2N(C)C)c(C)n1C(C)C. The third-order valence-corrected chi connectivity index (χ3v) is 4.53. The number of esters is 1. The van der Waals surface area contributed by atoms with E-state index in [1.807, 2.05) is 32.3 Å². The van der Waals surface area contributed by atoms with E-state index in [4.69, 9.17) is 4.74 Å². The standard InChI is InChI=1S/C20H25N3O5/c1-12(2)22-13(3)9-16(14(22)4)19(24)11-28-20(25)17-10-15(23(26)27)7-8-18(17)21(5)6/h7-10,12H,11H2,1-6H3. The lowest BCUT2D eigenvalue weighted by molar-refractivity contribution is -0.384. The van der Waals surface area contributed by atoms with Crippen molar-refractivity contribution < 1.29 is 19.2 Å². The smallest absolute Gasteiger partial charge is 0.340 e. The highest BCUT2D eigenvalue weighted by atomic mass is 16.6. The topological polar surface area (TPSA) is 94.7 Å². The first-order valence-corrected chi connectivity index (χ1v) is 8.89. The van der Waals surface area contributed by atoms with Crippen LogP contribution in [0.2, 0.25) is 0 Å². The van der Waals surface area contributed by atoms with Gasteiger partial charge in [-0.15, -0.1) is 0 Å². The molecule has 0 aliphatic heterocycles. The molecule has 0 unspecified atom stereocenters. The van der Waals surface area contributed by atoms with Crippen molar-refractivity contribution >= 4 is 23.1 Å². The number of non-ortho nitro benzene ring substituents is 1. The Balaban J connectivity index is 2.23. The maximum Gasteiger partial charge on any atom is 0.340 e. The Kier molecular flexibility index (Phi) is 6.23. The predicted molar refractivity (Wildman–Crippen MR) is 106 cm³/mol. The highest BCUT2D eigenvalue weighted by Crippen LogP contribution is 2.25. The average Bonchev–Trinajstić information content (AvgIpc) is 2.93. The molecule has 2 aromatic rings. The highest BCUT2D eigenvalue weighted by Gasteiger charge is 2.22. The largest absolute Gasteiger partial charge is 0.454 e. The first-order chi connectivity index (χ1) is 13.0. The van der Waals surface area contributed by atoms with E-state index in [9.17, 15) is 19.7 Å². The molecular weight excluding hydrogens is 362 g/mol. The molecule has 0 aliphatic rings. The lowest BCUT2D eigenvalue weighted by Crippen LogP contribution is -2.19. The number of nitro benzene ring substituents is 1.